The van der Waals surface area contributed by atoms with E-state index in [9.17, 15) is 23.1 Å². The van der Waals surface area contributed by atoms with Crippen LogP contribution in [-0.4, -0.2) is 25.4 Å². The van der Waals surface area contributed by atoms with E-state index in [2.05, 4.69) is 4.72 Å². The Labute approximate surface area is 184 Å². The molecule has 3 aromatic rings. The van der Waals surface area contributed by atoms with E-state index >= 15 is 0 Å². The summed E-state index contributed by atoms with van der Waals surface area (Å²) < 4.78 is 28.6. The molecule has 0 heterocycles. The summed E-state index contributed by atoms with van der Waals surface area (Å²) in [5.74, 6) is -1.79. The molecule has 1 amide bonds. The lowest BCUT2D eigenvalue weighted by atomic mass is 9.77. The fourth-order valence-electron chi connectivity index (χ4n) is 4.37. The van der Waals surface area contributed by atoms with Crippen molar-refractivity contribution in [3.63, 3.8) is 0 Å². The largest absolute Gasteiger partial charge is 0.481 e. The van der Waals surface area contributed by atoms with E-state index in [0.29, 0.717) is 22.4 Å². The van der Waals surface area contributed by atoms with Gasteiger partial charge < -0.3 is 5.11 Å². The van der Waals surface area contributed by atoms with Crippen LogP contribution < -0.4 is 4.72 Å². The van der Waals surface area contributed by atoms with E-state index in [-0.39, 0.29) is 24.2 Å². The molecule has 160 valence electrons. The highest BCUT2D eigenvalue weighted by Crippen LogP contribution is 2.45. The third-order valence-electron chi connectivity index (χ3n) is 5.90. The Morgan fingerprint density at radius 1 is 1.03 bits per heavy atom. The summed E-state index contributed by atoms with van der Waals surface area (Å²) in [5, 5.41) is 10.9. The van der Waals surface area contributed by atoms with E-state index < -0.39 is 27.3 Å². The number of carbonyl (C=O) groups is 2. The first-order valence-electron chi connectivity index (χ1n) is 9.79. The number of hydrogen-bond acceptors (Lipinski definition) is 4. The van der Waals surface area contributed by atoms with E-state index in [1.807, 2.05) is 0 Å². The molecule has 0 radical (unpaired) electrons. The van der Waals surface area contributed by atoms with Gasteiger partial charge in [0.2, 0.25) is 5.91 Å². The molecule has 8 heteroatoms. The Morgan fingerprint density at radius 3 is 2.52 bits per heavy atom. The van der Waals surface area contributed by atoms with Crippen LogP contribution in [0.15, 0.2) is 65.6 Å². The first-order chi connectivity index (χ1) is 14.7. The smallest absolute Gasteiger partial charge is 0.303 e. The van der Waals surface area contributed by atoms with Crippen molar-refractivity contribution < 1.29 is 23.1 Å². The standard InChI is InChI=1S/C23H20ClNO5S/c24-19-9-4-8-18-17(19)11-13-23(18,14-12-21(26)27)22(28)25-31(29,30)20-10-3-6-15-5-1-2-7-16(15)20/h1-10H,11-14H2,(H,25,28)(H,26,27). The van der Waals surface area contributed by atoms with Gasteiger partial charge in [-0.2, -0.15) is 0 Å². The molecule has 0 saturated heterocycles. The number of aliphatic carboxylic acids is 1. The van der Waals surface area contributed by atoms with Gasteiger partial charge in [0.1, 0.15) is 0 Å². The third-order valence-corrected chi connectivity index (χ3v) is 7.65. The summed E-state index contributed by atoms with van der Waals surface area (Å²) in [5.41, 5.74) is 0.0649. The molecule has 0 spiro atoms. The molecule has 0 aromatic heterocycles. The van der Waals surface area contributed by atoms with Crippen molar-refractivity contribution in [3.8, 4) is 0 Å². The molecular formula is C23H20ClNO5S. The van der Waals surface area contributed by atoms with E-state index in [4.69, 9.17) is 11.6 Å². The van der Waals surface area contributed by atoms with Gasteiger partial charge in [0.05, 0.1) is 10.3 Å². The number of carboxylic acid groups (broad SMARTS) is 1. The number of benzene rings is 3. The average molecular weight is 458 g/mol. The predicted octanol–water partition coefficient (Wildman–Crippen LogP) is 4.05. The first kappa shape index (κ1) is 21.3. The van der Waals surface area contributed by atoms with Crippen LogP contribution in [0.1, 0.15) is 30.4 Å². The predicted molar refractivity (Wildman–Crippen MR) is 118 cm³/mol. The van der Waals surface area contributed by atoms with Gasteiger partial charge in [-0.1, -0.05) is 60.1 Å². The van der Waals surface area contributed by atoms with E-state index in [1.54, 1.807) is 54.6 Å². The Morgan fingerprint density at radius 2 is 1.74 bits per heavy atom. The second-order valence-electron chi connectivity index (χ2n) is 7.65. The number of hydrogen-bond donors (Lipinski definition) is 2. The van der Waals surface area contributed by atoms with Gasteiger partial charge in [0.15, 0.2) is 0 Å². The van der Waals surface area contributed by atoms with Crippen LogP contribution in [0.3, 0.4) is 0 Å². The third kappa shape index (κ3) is 3.79. The lowest BCUT2D eigenvalue weighted by molar-refractivity contribution is -0.137. The van der Waals surface area contributed by atoms with Gasteiger partial charge in [-0.05, 0) is 47.9 Å². The van der Waals surface area contributed by atoms with Crippen molar-refractivity contribution in [2.75, 3.05) is 0 Å². The molecule has 1 aliphatic rings. The summed E-state index contributed by atoms with van der Waals surface area (Å²) in [4.78, 5) is 24.7. The normalized spacial score (nSPS) is 18.0. The molecule has 6 nitrogen and oxygen atoms in total. The Balaban J connectivity index is 1.75. The number of carbonyl (C=O) groups excluding carboxylic acids is 1. The van der Waals surface area contributed by atoms with Crippen molar-refractivity contribution in [1.82, 2.24) is 4.72 Å². The summed E-state index contributed by atoms with van der Waals surface area (Å²) in [6, 6.07) is 17.0. The Bertz CT molecular complexity index is 1300. The highest BCUT2D eigenvalue weighted by Gasteiger charge is 2.47. The molecule has 0 fully saturated rings. The van der Waals surface area contributed by atoms with E-state index in [0.717, 1.165) is 10.9 Å². The van der Waals surface area contributed by atoms with Crippen LogP contribution in [-0.2, 0) is 31.4 Å². The minimum Gasteiger partial charge on any atom is -0.481 e. The van der Waals surface area contributed by atoms with Gasteiger partial charge in [0.25, 0.3) is 10.0 Å². The average Bonchev–Trinajstić information content (AvgIpc) is 3.13. The summed E-state index contributed by atoms with van der Waals surface area (Å²) >= 11 is 6.29. The zero-order valence-electron chi connectivity index (χ0n) is 16.5. The summed E-state index contributed by atoms with van der Waals surface area (Å²) in [6.45, 7) is 0. The SMILES string of the molecule is O=C(O)CCC1(C(=O)NS(=O)(=O)c2cccc3ccccc23)CCc2c(Cl)cccc21. The number of amides is 1. The number of rotatable bonds is 6. The van der Waals surface area contributed by atoms with Crippen molar-refractivity contribution >= 4 is 44.3 Å². The maximum atomic E-state index is 13.5. The molecule has 1 aliphatic carbocycles. The lowest BCUT2D eigenvalue weighted by Crippen LogP contribution is -2.45. The number of fused-ring (bicyclic) bond motifs is 2. The minimum absolute atomic E-state index is 0.00310. The molecule has 1 unspecified atom stereocenters. The van der Waals surface area contributed by atoms with Crippen molar-refractivity contribution in [1.29, 1.82) is 0 Å². The fraction of sp³-hybridized carbons (Fsp3) is 0.217. The molecule has 2 N–H and O–H groups in total. The molecular weight excluding hydrogens is 438 g/mol. The van der Waals surface area contributed by atoms with Gasteiger partial charge in [-0.15, -0.1) is 0 Å². The van der Waals surface area contributed by atoms with Gasteiger partial charge in [-0.25, -0.2) is 13.1 Å². The quantitative estimate of drug-likeness (QED) is 0.581. The lowest BCUT2D eigenvalue weighted by Gasteiger charge is -2.28. The fourth-order valence-corrected chi connectivity index (χ4v) is 5.92. The first-order valence-corrected chi connectivity index (χ1v) is 11.7. The topological polar surface area (TPSA) is 101 Å². The van der Waals surface area contributed by atoms with Crippen LogP contribution in [0.4, 0.5) is 0 Å². The monoisotopic (exact) mass is 457 g/mol. The molecule has 4 rings (SSSR count). The molecule has 0 bridgehead atoms. The van der Waals surface area contributed by atoms with Crippen LogP contribution >= 0.6 is 11.6 Å². The maximum absolute atomic E-state index is 13.5. The maximum Gasteiger partial charge on any atom is 0.303 e. The Kier molecular flexibility index (Phi) is 5.49. The van der Waals surface area contributed by atoms with Gasteiger partial charge >= 0.3 is 5.97 Å². The van der Waals surface area contributed by atoms with Crippen molar-refractivity contribution in [2.24, 2.45) is 0 Å². The van der Waals surface area contributed by atoms with Crippen LogP contribution in [0.5, 0.6) is 0 Å². The van der Waals surface area contributed by atoms with Crippen molar-refractivity contribution in [3.05, 3.63) is 76.8 Å². The molecule has 1 atom stereocenters. The second kappa shape index (κ2) is 7.98. The van der Waals surface area contributed by atoms with Crippen LogP contribution in [0, 0.1) is 0 Å². The molecule has 0 saturated carbocycles. The zero-order valence-corrected chi connectivity index (χ0v) is 18.0. The summed E-state index contributed by atoms with van der Waals surface area (Å²) in [7, 11) is -4.19. The zero-order chi connectivity index (χ0) is 22.2. The number of carboxylic acids is 1. The number of sulfonamides is 1. The minimum atomic E-state index is -4.19. The van der Waals surface area contributed by atoms with Crippen LogP contribution in [0.2, 0.25) is 5.02 Å². The highest BCUT2D eigenvalue weighted by atomic mass is 35.5. The highest BCUT2D eigenvalue weighted by molar-refractivity contribution is 7.90. The molecule has 31 heavy (non-hydrogen) atoms. The molecule has 3 aromatic carbocycles. The Hall–Kier alpha value is -2.90. The van der Waals surface area contributed by atoms with Crippen LogP contribution in [0.25, 0.3) is 10.8 Å². The van der Waals surface area contributed by atoms with E-state index in [1.165, 1.54) is 6.07 Å². The van der Waals surface area contributed by atoms with Gasteiger partial charge in [0, 0.05) is 16.8 Å². The van der Waals surface area contributed by atoms with Gasteiger partial charge in [-0.3, -0.25) is 9.59 Å². The number of nitrogens with one attached hydrogen (secondary N) is 1. The number of halogens is 1. The van der Waals surface area contributed by atoms with Crippen molar-refractivity contribution in [2.45, 2.75) is 36.0 Å². The molecule has 0 aliphatic heterocycles. The summed E-state index contributed by atoms with van der Waals surface area (Å²) in [6.07, 6.45) is 0.465. The second-order valence-corrected chi connectivity index (χ2v) is 9.71.